The van der Waals surface area contributed by atoms with Crippen molar-refractivity contribution < 1.29 is 17.6 Å². The highest BCUT2D eigenvalue weighted by atomic mass is 32.2. The highest BCUT2D eigenvalue weighted by Crippen LogP contribution is 2.19. The number of H-pyrrole nitrogens is 1. The smallest absolute Gasteiger partial charge is 0.252 e. The minimum absolute atomic E-state index is 0.0536. The topological polar surface area (TPSA) is 96.1 Å². The molecule has 1 unspecified atom stereocenters. The highest BCUT2D eigenvalue weighted by Gasteiger charge is 2.28. The van der Waals surface area contributed by atoms with Crippen molar-refractivity contribution in [3.63, 3.8) is 0 Å². The summed E-state index contributed by atoms with van der Waals surface area (Å²) < 4.78 is 36.2. The Hall–Kier alpha value is -2.22. The van der Waals surface area contributed by atoms with Crippen molar-refractivity contribution in [2.24, 2.45) is 5.92 Å². The molecule has 1 atom stereocenters. The van der Waals surface area contributed by atoms with Gasteiger partial charge in [-0.1, -0.05) is 0 Å². The van der Waals surface area contributed by atoms with E-state index in [2.05, 4.69) is 10.3 Å². The molecule has 1 aliphatic heterocycles. The summed E-state index contributed by atoms with van der Waals surface area (Å²) in [5, 5.41) is 2.95. The van der Waals surface area contributed by atoms with Gasteiger partial charge in [-0.25, -0.2) is 12.8 Å². The number of halogens is 1. The molecule has 2 heterocycles. The summed E-state index contributed by atoms with van der Waals surface area (Å²) in [4.78, 5) is 26.5. The number of benzene rings is 1. The molecule has 23 heavy (non-hydrogen) atoms. The number of hydrogen-bond donors (Lipinski definition) is 2. The molecule has 2 aromatic rings. The average Bonchev–Trinajstić information content (AvgIpc) is 2.84. The van der Waals surface area contributed by atoms with Crippen molar-refractivity contribution >= 4 is 26.6 Å². The van der Waals surface area contributed by atoms with Crippen molar-refractivity contribution in [1.29, 1.82) is 0 Å². The van der Waals surface area contributed by atoms with E-state index in [4.69, 9.17) is 0 Å². The van der Waals surface area contributed by atoms with Gasteiger partial charge in [-0.2, -0.15) is 0 Å². The third-order valence-corrected chi connectivity index (χ3v) is 5.76. The summed E-state index contributed by atoms with van der Waals surface area (Å²) in [6, 6.07) is 4.89. The molecule has 1 aromatic heterocycles. The van der Waals surface area contributed by atoms with Gasteiger partial charge in [-0.05, 0) is 30.5 Å². The lowest BCUT2D eigenvalue weighted by molar-refractivity contribution is 0.0950. The molecule has 0 saturated carbocycles. The largest absolute Gasteiger partial charge is 0.352 e. The zero-order valence-corrected chi connectivity index (χ0v) is 13.0. The first-order valence-corrected chi connectivity index (χ1v) is 8.97. The number of amides is 1. The standard InChI is InChI=1S/C15H15FN2O4S/c16-10-1-2-13-11(5-10)12(6-14(19)18-13)15(20)17-7-9-3-4-23(21,22)8-9/h1-2,5-6,9H,3-4,7-8H2,(H,17,20)(H,18,19). The number of carbonyl (C=O) groups is 1. The number of fused-ring (bicyclic) bond motifs is 1. The van der Waals surface area contributed by atoms with E-state index in [1.54, 1.807) is 0 Å². The van der Waals surface area contributed by atoms with Gasteiger partial charge in [0.15, 0.2) is 9.84 Å². The second kappa shape index (κ2) is 5.77. The second-order valence-electron chi connectivity index (χ2n) is 5.72. The zero-order valence-electron chi connectivity index (χ0n) is 12.1. The van der Waals surface area contributed by atoms with Crippen LogP contribution in [-0.4, -0.2) is 37.4 Å². The highest BCUT2D eigenvalue weighted by molar-refractivity contribution is 7.91. The van der Waals surface area contributed by atoms with Crippen molar-refractivity contribution in [3.05, 3.63) is 46.0 Å². The molecular formula is C15H15FN2O4S. The predicted octanol–water partition coefficient (Wildman–Crippen LogP) is 0.832. The number of carbonyl (C=O) groups excluding carboxylic acids is 1. The molecule has 1 saturated heterocycles. The van der Waals surface area contributed by atoms with E-state index in [1.807, 2.05) is 0 Å². The van der Waals surface area contributed by atoms with Crippen LogP contribution in [0.3, 0.4) is 0 Å². The van der Waals surface area contributed by atoms with Gasteiger partial charge in [0.05, 0.1) is 17.1 Å². The predicted molar refractivity (Wildman–Crippen MR) is 83.6 cm³/mol. The van der Waals surface area contributed by atoms with E-state index in [-0.39, 0.29) is 29.5 Å². The zero-order chi connectivity index (χ0) is 16.6. The molecule has 1 amide bonds. The van der Waals surface area contributed by atoms with Crippen LogP contribution in [0.25, 0.3) is 10.9 Å². The van der Waals surface area contributed by atoms with Crippen molar-refractivity contribution in [3.8, 4) is 0 Å². The number of aromatic amines is 1. The van der Waals surface area contributed by atoms with Gasteiger partial charge in [0.1, 0.15) is 5.82 Å². The van der Waals surface area contributed by atoms with Gasteiger partial charge in [0, 0.05) is 23.5 Å². The van der Waals surface area contributed by atoms with Crippen LogP contribution in [-0.2, 0) is 9.84 Å². The van der Waals surface area contributed by atoms with E-state index in [1.165, 1.54) is 18.2 Å². The van der Waals surface area contributed by atoms with Crippen molar-refractivity contribution in [1.82, 2.24) is 10.3 Å². The summed E-state index contributed by atoms with van der Waals surface area (Å²) >= 11 is 0. The Balaban J connectivity index is 1.83. The second-order valence-corrected chi connectivity index (χ2v) is 7.94. The SMILES string of the molecule is O=C(NCC1CCS(=O)(=O)C1)c1cc(=O)[nH]c2ccc(F)cc12. The lowest BCUT2D eigenvalue weighted by atomic mass is 10.1. The van der Waals surface area contributed by atoms with Crippen molar-refractivity contribution in [2.45, 2.75) is 6.42 Å². The molecule has 6 nitrogen and oxygen atoms in total. The number of rotatable bonds is 3. The fourth-order valence-corrected chi connectivity index (χ4v) is 4.64. The lowest BCUT2D eigenvalue weighted by Crippen LogP contribution is -2.30. The fraction of sp³-hybridized carbons (Fsp3) is 0.333. The van der Waals surface area contributed by atoms with Crippen LogP contribution in [0.4, 0.5) is 4.39 Å². The van der Waals surface area contributed by atoms with Crippen molar-refractivity contribution in [2.75, 3.05) is 18.1 Å². The molecule has 1 aliphatic rings. The van der Waals surface area contributed by atoms with Crippen LogP contribution >= 0.6 is 0 Å². The number of sulfone groups is 1. The Morgan fingerprint density at radius 1 is 1.35 bits per heavy atom. The van der Waals surface area contributed by atoms with Crippen LogP contribution < -0.4 is 10.9 Å². The molecule has 0 radical (unpaired) electrons. The summed E-state index contributed by atoms with van der Waals surface area (Å²) in [5.74, 6) is -0.976. The average molecular weight is 338 g/mol. The van der Waals surface area contributed by atoms with E-state index in [0.29, 0.717) is 17.3 Å². The summed E-state index contributed by atoms with van der Waals surface area (Å²) in [5.41, 5.74) is -0.0192. The molecule has 3 rings (SSSR count). The maximum atomic E-state index is 13.4. The van der Waals surface area contributed by atoms with Crippen LogP contribution in [0.2, 0.25) is 0 Å². The van der Waals surface area contributed by atoms with E-state index in [0.717, 1.165) is 6.07 Å². The maximum absolute atomic E-state index is 13.4. The van der Waals surface area contributed by atoms with Gasteiger partial charge < -0.3 is 10.3 Å². The maximum Gasteiger partial charge on any atom is 0.252 e. The molecule has 2 N–H and O–H groups in total. The van der Waals surface area contributed by atoms with Crippen LogP contribution in [0.5, 0.6) is 0 Å². The molecular weight excluding hydrogens is 323 g/mol. The minimum atomic E-state index is -3.01. The molecule has 0 bridgehead atoms. The van der Waals surface area contributed by atoms with E-state index in [9.17, 15) is 22.4 Å². The first-order chi connectivity index (χ1) is 10.8. The van der Waals surface area contributed by atoms with Gasteiger partial charge >= 0.3 is 0 Å². The third-order valence-electron chi connectivity index (χ3n) is 3.93. The van der Waals surface area contributed by atoms with Crippen LogP contribution in [0, 0.1) is 11.7 Å². The number of hydrogen-bond acceptors (Lipinski definition) is 4. The Morgan fingerprint density at radius 2 is 2.13 bits per heavy atom. The molecule has 0 spiro atoms. The number of nitrogens with one attached hydrogen (secondary N) is 2. The summed E-state index contributed by atoms with van der Waals surface area (Å²) in [7, 11) is -3.01. The van der Waals surface area contributed by atoms with Gasteiger partial charge in [-0.3, -0.25) is 9.59 Å². The number of aromatic nitrogens is 1. The third kappa shape index (κ3) is 3.42. The fourth-order valence-electron chi connectivity index (χ4n) is 2.78. The Bertz CT molecular complexity index is 936. The minimum Gasteiger partial charge on any atom is -0.352 e. The number of pyridine rings is 1. The molecule has 1 fully saturated rings. The Labute approximate surface area is 131 Å². The first-order valence-electron chi connectivity index (χ1n) is 7.15. The lowest BCUT2D eigenvalue weighted by Gasteiger charge is -2.11. The van der Waals surface area contributed by atoms with Gasteiger partial charge in [-0.15, -0.1) is 0 Å². The Kier molecular flexibility index (Phi) is 3.93. The molecule has 122 valence electrons. The normalized spacial score (nSPS) is 19.8. The van der Waals surface area contributed by atoms with Gasteiger partial charge in [0.2, 0.25) is 5.56 Å². The van der Waals surface area contributed by atoms with Crippen LogP contribution in [0.1, 0.15) is 16.8 Å². The quantitative estimate of drug-likeness (QED) is 0.866. The molecule has 8 heteroatoms. The monoisotopic (exact) mass is 338 g/mol. The molecule has 0 aliphatic carbocycles. The summed E-state index contributed by atoms with van der Waals surface area (Å²) in [6.45, 7) is 0.210. The van der Waals surface area contributed by atoms with Gasteiger partial charge in [0.25, 0.3) is 5.91 Å². The van der Waals surface area contributed by atoms with Crippen LogP contribution in [0.15, 0.2) is 29.1 Å². The Morgan fingerprint density at radius 3 is 2.83 bits per heavy atom. The van der Waals surface area contributed by atoms with E-state index >= 15 is 0 Å². The van der Waals surface area contributed by atoms with E-state index < -0.39 is 27.1 Å². The molecule has 1 aromatic carbocycles. The summed E-state index contributed by atoms with van der Waals surface area (Å²) in [6.07, 6.45) is 0.507. The first kappa shape index (κ1) is 15.7.